The molecule has 0 atom stereocenters. The van der Waals surface area contributed by atoms with E-state index in [-0.39, 0.29) is 5.91 Å². The Bertz CT molecular complexity index is 559. The van der Waals surface area contributed by atoms with Crippen molar-refractivity contribution in [3.8, 4) is 0 Å². The molecule has 0 saturated carbocycles. The first kappa shape index (κ1) is 12.1. The van der Waals surface area contributed by atoms with Crippen LogP contribution in [0.3, 0.4) is 0 Å². The van der Waals surface area contributed by atoms with Crippen LogP contribution in [0.4, 0.5) is 5.82 Å². The molecule has 0 aliphatic rings. The molecule has 2 aromatic heterocycles. The van der Waals surface area contributed by atoms with Crippen LogP contribution < -0.4 is 5.32 Å². The van der Waals surface area contributed by atoms with E-state index in [1.807, 2.05) is 19.1 Å². The Morgan fingerprint density at radius 2 is 2.41 bits per heavy atom. The number of hydrogen-bond donors (Lipinski definition) is 2. The number of aromatic nitrogens is 2. The molecule has 0 saturated heterocycles. The third-order valence-corrected chi connectivity index (χ3v) is 3.54. The first-order chi connectivity index (χ1) is 8.13. The number of aryl methyl sites for hydroxylation is 1. The molecule has 2 N–H and O–H groups in total. The largest absolute Gasteiger partial charge is 0.306 e. The first-order valence-electron chi connectivity index (χ1n) is 4.90. The summed E-state index contributed by atoms with van der Waals surface area (Å²) >= 11 is 4.93. The maximum absolute atomic E-state index is 11.5. The number of nitrogens with zero attached hydrogens (tertiary/aromatic N) is 1. The lowest BCUT2D eigenvalue weighted by Gasteiger charge is -1.94. The smallest absolute Gasteiger partial charge is 0.249 e. The molecule has 0 aliphatic carbocycles. The third kappa shape index (κ3) is 3.54. The standard InChI is InChI=1S/C11H10BrN3OS/c1-7-6-10(15-14-7)13-11(16)5-3-8-2-4-9(12)17-8/h2-6H,1H3,(H2,13,14,15,16)/b5-3+. The van der Waals surface area contributed by atoms with Gasteiger partial charge in [0.2, 0.25) is 5.91 Å². The Kier molecular flexibility index (Phi) is 3.75. The van der Waals surface area contributed by atoms with E-state index in [4.69, 9.17) is 0 Å². The van der Waals surface area contributed by atoms with Crippen molar-refractivity contribution in [2.45, 2.75) is 6.92 Å². The van der Waals surface area contributed by atoms with E-state index in [9.17, 15) is 4.79 Å². The van der Waals surface area contributed by atoms with Gasteiger partial charge in [0, 0.05) is 22.7 Å². The minimum absolute atomic E-state index is 0.193. The average molecular weight is 312 g/mol. The third-order valence-electron chi connectivity index (χ3n) is 1.95. The van der Waals surface area contributed by atoms with Crippen LogP contribution in [0, 0.1) is 6.92 Å². The molecule has 0 spiro atoms. The van der Waals surface area contributed by atoms with Crippen molar-refractivity contribution in [1.29, 1.82) is 0 Å². The van der Waals surface area contributed by atoms with Crippen LogP contribution >= 0.6 is 27.3 Å². The second kappa shape index (κ2) is 5.29. The fraction of sp³-hybridized carbons (Fsp3) is 0.0909. The van der Waals surface area contributed by atoms with E-state index < -0.39 is 0 Å². The number of carbonyl (C=O) groups excluding carboxylic acids is 1. The van der Waals surface area contributed by atoms with Gasteiger partial charge in [0.15, 0.2) is 5.82 Å². The Labute approximate surface area is 111 Å². The van der Waals surface area contributed by atoms with E-state index in [0.29, 0.717) is 5.82 Å². The molecule has 4 nitrogen and oxygen atoms in total. The monoisotopic (exact) mass is 311 g/mol. The number of carbonyl (C=O) groups is 1. The number of nitrogens with one attached hydrogen (secondary N) is 2. The summed E-state index contributed by atoms with van der Waals surface area (Å²) in [5, 5.41) is 9.34. The maximum atomic E-state index is 11.5. The van der Waals surface area contributed by atoms with Crippen LogP contribution in [0.25, 0.3) is 6.08 Å². The molecule has 0 radical (unpaired) electrons. The molecule has 0 fully saturated rings. The van der Waals surface area contributed by atoms with Gasteiger partial charge in [-0.2, -0.15) is 5.10 Å². The summed E-state index contributed by atoms with van der Waals surface area (Å²) in [6.07, 6.45) is 3.26. The van der Waals surface area contributed by atoms with E-state index in [1.54, 1.807) is 23.5 Å². The van der Waals surface area contributed by atoms with Gasteiger partial charge in [-0.1, -0.05) is 0 Å². The zero-order chi connectivity index (χ0) is 12.3. The second-order valence-electron chi connectivity index (χ2n) is 3.40. The van der Waals surface area contributed by atoms with Crippen molar-refractivity contribution >= 4 is 45.1 Å². The Morgan fingerprint density at radius 3 is 3.00 bits per heavy atom. The van der Waals surface area contributed by atoms with Gasteiger partial charge in [-0.3, -0.25) is 9.89 Å². The summed E-state index contributed by atoms with van der Waals surface area (Å²) in [6.45, 7) is 1.88. The van der Waals surface area contributed by atoms with Gasteiger partial charge >= 0.3 is 0 Å². The Balaban J connectivity index is 1.95. The number of halogens is 1. The molecule has 2 rings (SSSR count). The number of thiophene rings is 1. The number of anilines is 1. The lowest BCUT2D eigenvalue weighted by Crippen LogP contribution is -2.07. The molecule has 0 unspecified atom stereocenters. The lowest BCUT2D eigenvalue weighted by molar-refractivity contribution is -0.111. The minimum Gasteiger partial charge on any atom is -0.306 e. The minimum atomic E-state index is -0.193. The highest BCUT2D eigenvalue weighted by atomic mass is 79.9. The van der Waals surface area contributed by atoms with E-state index >= 15 is 0 Å². The van der Waals surface area contributed by atoms with E-state index in [1.165, 1.54) is 6.08 Å². The van der Waals surface area contributed by atoms with Crippen LogP contribution in [0.5, 0.6) is 0 Å². The van der Waals surface area contributed by atoms with Crippen LogP contribution in [0.1, 0.15) is 10.6 Å². The summed E-state index contributed by atoms with van der Waals surface area (Å²) in [6, 6.07) is 5.66. The molecule has 0 aliphatic heterocycles. The number of rotatable bonds is 3. The highest BCUT2D eigenvalue weighted by molar-refractivity contribution is 9.11. The van der Waals surface area contributed by atoms with Gasteiger partial charge in [0.1, 0.15) is 0 Å². The zero-order valence-corrected chi connectivity index (χ0v) is 11.4. The molecular weight excluding hydrogens is 302 g/mol. The van der Waals surface area contributed by atoms with Crippen LogP contribution in [-0.4, -0.2) is 16.1 Å². The van der Waals surface area contributed by atoms with Crippen molar-refractivity contribution in [3.63, 3.8) is 0 Å². The molecule has 17 heavy (non-hydrogen) atoms. The molecule has 6 heteroatoms. The van der Waals surface area contributed by atoms with E-state index in [2.05, 4.69) is 31.4 Å². The fourth-order valence-corrected chi connectivity index (χ4v) is 2.55. The predicted octanol–water partition coefficient (Wildman–Crippen LogP) is 3.19. The Morgan fingerprint density at radius 1 is 1.59 bits per heavy atom. The van der Waals surface area contributed by atoms with Crippen LogP contribution in [0.15, 0.2) is 28.1 Å². The second-order valence-corrected chi connectivity index (χ2v) is 5.90. The molecule has 2 aromatic rings. The average Bonchev–Trinajstić information content (AvgIpc) is 2.85. The Hall–Kier alpha value is -1.40. The first-order valence-corrected chi connectivity index (χ1v) is 6.51. The predicted molar refractivity (Wildman–Crippen MR) is 73.0 cm³/mol. The van der Waals surface area contributed by atoms with Gasteiger partial charge in [-0.25, -0.2) is 0 Å². The number of hydrogen-bond acceptors (Lipinski definition) is 3. The van der Waals surface area contributed by atoms with Crippen LogP contribution in [-0.2, 0) is 4.79 Å². The molecule has 88 valence electrons. The molecule has 2 heterocycles. The molecule has 0 bridgehead atoms. The van der Waals surface area contributed by atoms with Crippen molar-refractivity contribution in [1.82, 2.24) is 10.2 Å². The van der Waals surface area contributed by atoms with Crippen molar-refractivity contribution in [2.75, 3.05) is 5.32 Å². The summed E-state index contributed by atoms with van der Waals surface area (Å²) in [7, 11) is 0. The normalized spacial score (nSPS) is 10.9. The number of H-pyrrole nitrogens is 1. The summed E-state index contributed by atoms with van der Waals surface area (Å²) in [5.74, 6) is 0.338. The molecular formula is C11H10BrN3OS. The zero-order valence-electron chi connectivity index (χ0n) is 9.03. The number of amides is 1. The van der Waals surface area contributed by atoms with Gasteiger partial charge in [-0.05, 0) is 41.1 Å². The quantitative estimate of drug-likeness (QED) is 0.855. The fourth-order valence-electron chi connectivity index (χ4n) is 1.23. The summed E-state index contributed by atoms with van der Waals surface area (Å²) in [4.78, 5) is 12.6. The van der Waals surface area contributed by atoms with Gasteiger partial charge in [-0.15, -0.1) is 11.3 Å². The van der Waals surface area contributed by atoms with Crippen LogP contribution in [0.2, 0.25) is 0 Å². The van der Waals surface area contributed by atoms with Gasteiger partial charge in [0.25, 0.3) is 0 Å². The van der Waals surface area contributed by atoms with E-state index in [0.717, 1.165) is 14.4 Å². The summed E-state index contributed by atoms with van der Waals surface area (Å²) < 4.78 is 1.04. The van der Waals surface area contributed by atoms with Gasteiger partial charge in [0.05, 0.1) is 3.79 Å². The summed E-state index contributed by atoms with van der Waals surface area (Å²) in [5.41, 5.74) is 0.909. The van der Waals surface area contributed by atoms with Crippen molar-refractivity contribution in [3.05, 3.63) is 38.6 Å². The number of aromatic amines is 1. The molecule has 0 aromatic carbocycles. The maximum Gasteiger partial charge on any atom is 0.249 e. The molecule has 1 amide bonds. The SMILES string of the molecule is Cc1cc(NC(=O)/C=C/c2ccc(Br)s2)n[nH]1. The van der Waals surface area contributed by atoms with Crippen molar-refractivity contribution < 1.29 is 4.79 Å². The lowest BCUT2D eigenvalue weighted by atomic mass is 10.4. The van der Waals surface area contributed by atoms with Gasteiger partial charge < -0.3 is 5.32 Å². The topological polar surface area (TPSA) is 57.8 Å². The highest BCUT2D eigenvalue weighted by Crippen LogP contribution is 2.22. The highest BCUT2D eigenvalue weighted by Gasteiger charge is 2.01. The van der Waals surface area contributed by atoms with Crippen molar-refractivity contribution in [2.24, 2.45) is 0 Å².